The predicted molar refractivity (Wildman–Crippen MR) is 108 cm³/mol. The Morgan fingerprint density at radius 3 is 2.74 bits per heavy atom. The monoisotopic (exact) mass is 397 g/mol. The second kappa shape index (κ2) is 8.23. The van der Waals surface area contributed by atoms with Gasteiger partial charge in [0.25, 0.3) is 0 Å². The zero-order valence-corrected chi connectivity index (χ0v) is 16.4. The Morgan fingerprint density at radius 1 is 1.15 bits per heavy atom. The van der Waals surface area contributed by atoms with E-state index in [1.54, 1.807) is 35.2 Å². The standard InChI is InChI=1S/C21H19NO3S2/c23-17-6-2-3-7-18(17)25-20(24)15-11-9-14(10-12-15)13-26-21-22-16-5-1-4-8-19(16)27-21/h1,4-5,8-12,18H,2-3,6-7,13H2/t18-/m0/s1. The molecular weight excluding hydrogens is 378 g/mol. The van der Waals surface area contributed by atoms with Crippen LogP contribution in [-0.2, 0) is 15.3 Å². The van der Waals surface area contributed by atoms with Crippen LogP contribution in [0.15, 0.2) is 52.9 Å². The maximum atomic E-state index is 12.3. The summed E-state index contributed by atoms with van der Waals surface area (Å²) in [6.07, 6.45) is 2.42. The highest BCUT2D eigenvalue weighted by atomic mass is 32.2. The van der Waals surface area contributed by atoms with Gasteiger partial charge in [-0.15, -0.1) is 11.3 Å². The number of carbonyl (C=O) groups excluding carboxylic acids is 2. The summed E-state index contributed by atoms with van der Waals surface area (Å²) < 4.78 is 7.62. The van der Waals surface area contributed by atoms with E-state index in [-0.39, 0.29) is 5.78 Å². The number of fused-ring (bicyclic) bond motifs is 1. The molecule has 4 rings (SSSR count). The van der Waals surface area contributed by atoms with Gasteiger partial charge in [-0.25, -0.2) is 9.78 Å². The van der Waals surface area contributed by atoms with Crippen LogP contribution in [0.5, 0.6) is 0 Å². The number of carbonyl (C=O) groups is 2. The maximum Gasteiger partial charge on any atom is 0.338 e. The molecule has 1 aromatic heterocycles. The number of thioether (sulfide) groups is 1. The molecule has 2 aromatic carbocycles. The van der Waals surface area contributed by atoms with Gasteiger partial charge in [-0.3, -0.25) is 4.79 Å². The van der Waals surface area contributed by atoms with Gasteiger partial charge in [-0.2, -0.15) is 0 Å². The molecule has 4 nitrogen and oxygen atoms in total. The van der Waals surface area contributed by atoms with E-state index in [0.29, 0.717) is 18.4 Å². The number of aromatic nitrogens is 1. The number of ether oxygens (including phenoxy) is 1. The highest BCUT2D eigenvalue weighted by Gasteiger charge is 2.26. The quantitative estimate of drug-likeness (QED) is 0.434. The van der Waals surface area contributed by atoms with Crippen LogP contribution in [0.3, 0.4) is 0 Å². The number of hydrogen-bond donors (Lipinski definition) is 0. The van der Waals surface area contributed by atoms with Gasteiger partial charge in [0.2, 0.25) is 0 Å². The average Bonchev–Trinajstić information content (AvgIpc) is 3.11. The first-order valence-electron chi connectivity index (χ1n) is 9.00. The summed E-state index contributed by atoms with van der Waals surface area (Å²) in [6, 6.07) is 15.5. The van der Waals surface area contributed by atoms with E-state index in [4.69, 9.17) is 4.74 Å². The lowest BCUT2D eigenvalue weighted by molar-refractivity contribution is -0.129. The molecule has 0 bridgehead atoms. The van der Waals surface area contributed by atoms with Crippen LogP contribution >= 0.6 is 23.1 Å². The Morgan fingerprint density at radius 2 is 1.96 bits per heavy atom. The molecule has 0 amide bonds. The summed E-state index contributed by atoms with van der Waals surface area (Å²) in [5.74, 6) is 0.412. The van der Waals surface area contributed by atoms with Crippen molar-refractivity contribution in [2.24, 2.45) is 0 Å². The van der Waals surface area contributed by atoms with Crippen molar-refractivity contribution in [3.8, 4) is 0 Å². The number of hydrogen-bond acceptors (Lipinski definition) is 6. The molecule has 1 aliphatic rings. The number of esters is 1. The Bertz CT molecular complexity index is 932. The van der Waals surface area contributed by atoms with Crippen LogP contribution < -0.4 is 0 Å². The first kappa shape index (κ1) is 18.2. The molecule has 0 unspecified atom stereocenters. The average molecular weight is 398 g/mol. The van der Waals surface area contributed by atoms with Gasteiger partial charge in [-0.1, -0.05) is 36.0 Å². The Kier molecular flexibility index (Phi) is 5.55. The minimum absolute atomic E-state index is 0.0402. The van der Waals surface area contributed by atoms with Crippen molar-refractivity contribution in [1.82, 2.24) is 4.98 Å². The molecule has 6 heteroatoms. The van der Waals surface area contributed by atoms with E-state index in [9.17, 15) is 9.59 Å². The minimum Gasteiger partial charge on any atom is -0.451 e. The number of Topliss-reactive ketones (excluding diaryl/α,β-unsaturated/α-hetero) is 1. The summed E-state index contributed by atoms with van der Waals surface area (Å²) in [5, 5.41) is 0. The summed E-state index contributed by atoms with van der Waals surface area (Å²) in [5.41, 5.74) is 2.63. The third kappa shape index (κ3) is 4.39. The Balaban J connectivity index is 1.35. The van der Waals surface area contributed by atoms with Crippen molar-refractivity contribution in [3.63, 3.8) is 0 Å². The van der Waals surface area contributed by atoms with Gasteiger partial charge in [0, 0.05) is 12.2 Å². The number of ketones is 1. The van der Waals surface area contributed by atoms with Crippen molar-refractivity contribution >= 4 is 45.1 Å². The van der Waals surface area contributed by atoms with E-state index < -0.39 is 12.1 Å². The van der Waals surface area contributed by atoms with Crippen LogP contribution in [0.25, 0.3) is 10.2 Å². The lowest BCUT2D eigenvalue weighted by Gasteiger charge is -2.20. The number of benzene rings is 2. The second-order valence-corrected chi connectivity index (χ2v) is 8.79. The topological polar surface area (TPSA) is 56.3 Å². The lowest BCUT2D eigenvalue weighted by Crippen LogP contribution is -2.30. The van der Waals surface area contributed by atoms with E-state index in [1.165, 1.54) is 4.70 Å². The SMILES string of the molecule is O=C(O[C@H]1CCCCC1=O)c1ccc(CSc2nc3ccccc3s2)cc1. The molecule has 0 N–H and O–H groups in total. The summed E-state index contributed by atoms with van der Waals surface area (Å²) in [6.45, 7) is 0. The Labute approximate surface area is 166 Å². The van der Waals surface area contributed by atoms with E-state index >= 15 is 0 Å². The molecule has 3 aromatic rings. The van der Waals surface area contributed by atoms with Crippen LogP contribution in [0, 0.1) is 0 Å². The van der Waals surface area contributed by atoms with E-state index in [1.807, 2.05) is 30.3 Å². The van der Waals surface area contributed by atoms with Gasteiger partial charge >= 0.3 is 5.97 Å². The highest BCUT2D eigenvalue weighted by Crippen LogP contribution is 2.31. The zero-order chi connectivity index (χ0) is 18.6. The summed E-state index contributed by atoms with van der Waals surface area (Å²) in [7, 11) is 0. The molecular formula is C21H19NO3S2. The molecule has 0 radical (unpaired) electrons. The van der Waals surface area contributed by atoms with Gasteiger partial charge in [0.05, 0.1) is 15.8 Å². The molecule has 0 spiro atoms. The normalized spacial score (nSPS) is 17.2. The van der Waals surface area contributed by atoms with Crippen LogP contribution in [0.4, 0.5) is 0 Å². The molecule has 1 fully saturated rings. The van der Waals surface area contributed by atoms with Crippen LogP contribution in [0.1, 0.15) is 41.6 Å². The lowest BCUT2D eigenvalue weighted by atomic mass is 9.96. The van der Waals surface area contributed by atoms with Crippen molar-refractivity contribution in [2.75, 3.05) is 0 Å². The van der Waals surface area contributed by atoms with Crippen LogP contribution in [-0.4, -0.2) is 22.8 Å². The fourth-order valence-electron chi connectivity index (χ4n) is 3.07. The third-order valence-corrected chi connectivity index (χ3v) is 6.82. The van der Waals surface area contributed by atoms with E-state index in [2.05, 4.69) is 11.1 Å². The fraction of sp³-hybridized carbons (Fsp3) is 0.286. The minimum atomic E-state index is -0.569. The molecule has 1 saturated carbocycles. The fourth-order valence-corrected chi connectivity index (χ4v) is 5.09. The van der Waals surface area contributed by atoms with Crippen molar-refractivity contribution in [3.05, 3.63) is 59.7 Å². The van der Waals surface area contributed by atoms with Gasteiger partial charge < -0.3 is 4.74 Å². The number of rotatable bonds is 5. The molecule has 27 heavy (non-hydrogen) atoms. The van der Waals surface area contributed by atoms with Crippen molar-refractivity contribution in [2.45, 2.75) is 41.9 Å². The van der Waals surface area contributed by atoms with Crippen molar-refractivity contribution in [1.29, 1.82) is 0 Å². The molecule has 138 valence electrons. The molecule has 1 heterocycles. The molecule has 0 saturated heterocycles. The highest BCUT2D eigenvalue weighted by molar-refractivity contribution is 8.00. The number of thiazole rings is 1. The Hall–Kier alpha value is -2.18. The number of para-hydroxylation sites is 1. The summed E-state index contributed by atoms with van der Waals surface area (Å²) in [4.78, 5) is 28.7. The molecule has 0 aliphatic heterocycles. The smallest absolute Gasteiger partial charge is 0.338 e. The predicted octanol–water partition coefficient (Wildman–Crippen LogP) is 5.26. The zero-order valence-electron chi connectivity index (χ0n) is 14.7. The largest absolute Gasteiger partial charge is 0.451 e. The van der Waals surface area contributed by atoms with Gasteiger partial charge in [0.1, 0.15) is 0 Å². The maximum absolute atomic E-state index is 12.3. The first-order chi connectivity index (χ1) is 13.2. The van der Waals surface area contributed by atoms with Crippen LogP contribution in [0.2, 0.25) is 0 Å². The molecule has 1 aliphatic carbocycles. The van der Waals surface area contributed by atoms with E-state index in [0.717, 1.165) is 34.0 Å². The van der Waals surface area contributed by atoms with Gasteiger partial charge in [-0.05, 0) is 49.1 Å². The van der Waals surface area contributed by atoms with Gasteiger partial charge in [0.15, 0.2) is 16.2 Å². The number of nitrogens with zero attached hydrogens (tertiary/aromatic N) is 1. The second-order valence-electron chi connectivity index (χ2n) is 6.54. The van der Waals surface area contributed by atoms with Crippen molar-refractivity contribution < 1.29 is 14.3 Å². The summed E-state index contributed by atoms with van der Waals surface area (Å²) >= 11 is 3.38. The molecule has 1 atom stereocenters. The first-order valence-corrected chi connectivity index (χ1v) is 10.8. The third-order valence-electron chi connectivity index (χ3n) is 4.57.